The van der Waals surface area contributed by atoms with E-state index in [0.717, 1.165) is 29.8 Å². The summed E-state index contributed by atoms with van der Waals surface area (Å²) in [6.45, 7) is 3.16. The Bertz CT molecular complexity index is 570. The van der Waals surface area contributed by atoms with Crippen LogP contribution >= 0.6 is 15.9 Å². The third kappa shape index (κ3) is 2.28. The molecule has 0 aliphatic carbocycles. The van der Waals surface area contributed by atoms with Gasteiger partial charge in [0.25, 0.3) is 0 Å². The number of fused-ring (bicyclic) bond motifs is 1. The van der Waals surface area contributed by atoms with Gasteiger partial charge in [0, 0.05) is 36.6 Å². The Kier molecular flexibility index (Phi) is 3.33. The first-order chi connectivity index (χ1) is 8.74. The average Bonchev–Trinajstić information content (AvgIpc) is 2.38. The SMILES string of the molecule is CN1CCNC(c2cc3ccccc3nc2Br)C1. The lowest BCUT2D eigenvalue weighted by atomic mass is 10.0. The second-order valence-corrected chi connectivity index (χ2v) is 5.58. The molecule has 3 rings (SSSR count). The van der Waals surface area contributed by atoms with Gasteiger partial charge >= 0.3 is 0 Å². The maximum atomic E-state index is 4.63. The number of pyridine rings is 1. The fourth-order valence-corrected chi connectivity index (χ4v) is 3.04. The topological polar surface area (TPSA) is 28.2 Å². The van der Waals surface area contributed by atoms with Crippen LogP contribution in [0, 0.1) is 0 Å². The molecule has 1 atom stereocenters. The first kappa shape index (κ1) is 12.1. The van der Waals surface area contributed by atoms with Gasteiger partial charge in [0.1, 0.15) is 4.60 Å². The number of hydrogen-bond acceptors (Lipinski definition) is 3. The Balaban J connectivity index is 2.02. The highest BCUT2D eigenvalue weighted by molar-refractivity contribution is 9.10. The van der Waals surface area contributed by atoms with Crippen LogP contribution in [0.3, 0.4) is 0 Å². The Morgan fingerprint density at radius 1 is 1.39 bits per heavy atom. The summed E-state index contributed by atoms with van der Waals surface area (Å²) in [5, 5.41) is 4.76. The molecule has 1 aromatic heterocycles. The van der Waals surface area contributed by atoms with E-state index in [0.29, 0.717) is 6.04 Å². The van der Waals surface area contributed by atoms with Crippen molar-refractivity contribution < 1.29 is 0 Å². The molecule has 3 nitrogen and oxygen atoms in total. The molecule has 94 valence electrons. The van der Waals surface area contributed by atoms with Crippen LogP contribution in [-0.4, -0.2) is 36.6 Å². The molecular formula is C14H16BrN3. The minimum atomic E-state index is 0.357. The van der Waals surface area contributed by atoms with Crippen LogP contribution in [0.4, 0.5) is 0 Å². The van der Waals surface area contributed by atoms with Crippen molar-refractivity contribution in [3.8, 4) is 0 Å². The highest BCUT2D eigenvalue weighted by Crippen LogP contribution is 2.27. The lowest BCUT2D eigenvalue weighted by Gasteiger charge is -2.31. The third-order valence-corrected chi connectivity index (χ3v) is 4.09. The predicted molar refractivity (Wildman–Crippen MR) is 77.7 cm³/mol. The van der Waals surface area contributed by atoms with Crippen molar-refractivity contribution in [2.24, 2.45) is 0 Å². The molecule has 2 heterocycles. The summed E-state index contributed by atoms with van der Waals surface area (Å²) < 4.78 is 0.953. The number of benzene rings is 1. The molecule has 0 saturated carbocycles. The van der Waals surface area contributed by atoms with Crippen LogP contribution in [0.1, 0.15) is 11.6 Å². The molecule has 1 aliphatic heterocycles. The van der Waals surface area contributed by atoms with Crippen LogP contribution < -0.4 is 5.32 Å². The van der Waals surface area contributed by atoms with E-state index in [9.17, 15) is 0 Å². The second kappa shape index (κ2) is 4.96. The van der Waals surface area contributed by atoms with Crippen LogP contribution in [0.15, 0.2) is 34.9 Å². The van der Waals surface area contributed by atoms with Gasteiger partial charge in [0.15, 0.2) is 0 Å². The molecule has 1 N–H and O–H groups in total. The van der Waals surface area contributed by atoms with E-state index in [1.54, 1.807) is 0 Å². The molecule has 1 saturated heterocycles. The molecule has 0 amide bonds. The van der Waals surface area contributed by atoms with Gasteiger partial charge in [-0.1, -0.05) is 18.2 Å². The first-order valence-electron chi connectivity index (χ1n) is 6.21. The van der Waals surface area contributed by atoms with Gasteiger partial charge in [-0.15, -0.1) is 0 Å². The zero-order valence-corrected chi connectivity index (χ0v) is 11.9. The monoisotopic (exact) mass is 305 g/mol. The van der Waals surface area contributed by atoms with Gasteiger partial charge in [0.2, 0.25) is 0 Å². The summed E-state index contributed by atoms with van der Waals surface area (Å²) in [5.74, 6) is 0. The Labute approximate surface area is 115 Å². The summed E-state index contributed by atoms with van der Waals surface area (Å²) in [7, 11) is 2.16. The number of halogens is 1. The minimum Gasteiger partial charge on any atom is -0.307 e. The lowest BCUT2D eigenvalue weighted by molar-refractivity contribution is 0.240. The van der Waals surface area contributed by atoms with Crippen molar-refractivity contribution in [2.75, 3.05) is 26.7 Å². The highest BCUT2D eigenvalue weighted by Gasteiger charge is 2.21. The molecule has 1 fully saturated rings. The van der Waals surface area contributed by atoms with Gasteiger partial charge in [-0.25, -0.2) is 4.98 Å². The number of para-hydroxylation sites is 1. The van der Waals surface area contributed by atoms with Gasteiger partial charge in [-0.2, -0.15) is 0 Å². The molecular weight excluding hydrogens is 290 g/mol. The van der Waals surface area contributed by atoms with E-state index in [1.807, 2.05) is 12.1 Å². The van der Waals surface area contributed by atoms with Crippen molar-refractivity contribution in [3.63, 3.8) is 0 Å². The van der Waals surface area contributed by atoms with Gasteiger partial charge in [-0.3, -0.25) is 0 Å². The molecule has 1 aromatic carbocycles. The number of nitrogens with one attached hydrogen (secondary N) is 1. The Morgan fingerprint density at radius 2 is 2.22 bits per heavy atom. The van der Waals surface area contributed by atoms with Crippen LogP contribution in [0.25, 0.3) is 10.9 Å². The molecule has 18 heavy (non-hydrogen) atoms. The fourth-order valence-electron chi connectivity index (χ4n) is 2.46. The smallest absolute Gasteiger partial charge is 0.111 e. The first-order valence-corrected chi connectivity index (χ1v) is 7.00. The lowest BCUT2D eigenvalue weighted by Crippen LogP contribution is -2.43. The molecule has 0 bridgehead atoms. The number of aromatic nitrogens is 1. The number of likely N-dealkylation sites (N-methyl/N-ethyl adjacent to an activating group) is 1. The quantitative estimate of drug-likeness (QED) is 0.821. The highest BCUT2D eigenvalue weighted by atomic mass is 79.9. The normalized spacial score (nSPS) is 21.3. The van der Waals surface area contributed by atoms with E-state index in [4.69, 9.17) is 0 Å². The second-order valence-electron chi connectivity index (χ2n) is 4.83. The summed E-state index contributed by atoms with van der Waals surface area (Å²) >= 11 is 3.60. The molecule has 1 aliphatic rings. The fraction of sp³-hybridized carbons (Fsp3) is 0.357. The van der Waals surface area contributed by atoms with Crippen LogP contribution in [0.5, 0.6) is 0 Å². The molecule has 2 aromatic rings. The number of rotatable bonds is 1. The summed E-state index contributed by atoms with van der Waals surface area (Å²) in [5.41, 5.74) is 2.29. The number of hydrogen-bond donors (Lipinski definition) is 1. The van der Waals surface area contributed by atoms with Gasteiger partial charge in [-0.05, 0) is 35.1 Å². The average molecular weight is 306 g/mol. The predicted octanol–water partition coefficient (Wildman–Crippen LogP) is 2.57. The zero-order chi connectivity index (χ0) is 12.5. The van der Waals surface area contributed by atoms with E-state index in [2.05, 4.69) is 56.4 Å². The van der Waals surface area contributed by atoms with Crippen molar-refractivity contribution in [1.29, 1.82) is 0 Å². The number of piperazine rings is 1. The zero-order valence-electron chi connectivity index (χ0n) is 10.4. The van der Waals surface area contributed by atoms with Crippen molar-refractivity contribution in [1.82, 2.24) is 15.2 Å². The van der Waals surface area contributed by atoms with E-state index < -0.39 is 0 Å². The third-order valence-electron chi connectivity index (χ3n) is 3.46. The van der Waals surface area contributed by atoms with Crippen LogP contribution in [0.2, 0.25) is 0 Å². The van der Waals surface area contributed by atoms with Crippen LogP contribution in [-0.2, 0) is 0 Å². The Morgan fingerprint density at radius 3 is 3.06 bits per heavy atom. The standard InChI is InChI=1S/C14H16BrN3/c1-18-7-6-16-13(9-18)11-8-10-4-2-3-5-12(10)17-14(11)15/h2-5,8,13,16H,6-7,9H2,1H3. The molecule has 1 unspecified atom stereocenters. The van der Waals surface area contributed by atoms with Gasteiger partial charge < -0.3 is 10.2 Å². The van der Waals surface area contributed by atoms with Gasteiger partial charge in [0.05, 0.1) is 5.52 Å². The van der Waals surface area contributed by atoms with Crippen molar-refractivity contribution in [2.45, 2.75) is 6.04 Å². The molecule has 0 radical (unpaired) electrons. The Hall–Kier alpha value is -0.970. The largest absolute Gasteiger partial charge is 0.307 e. The van der Waals surface area contributed by atoms with E-state index in [-0.39, 0.29) is 0 Å². The van der Waals surface area contributed by atoms with Crippen molar-refractivity contribution in [3.05, 3.63) is 40.5 Å². The van der Waals surface area contributed by atoms with E-state index >= 15 is 0 Å². The number of nitrogens with zero attached hydrogens (tertiary/aromatic N) is 2. The molecule has 4 heteroatoms. The maximum Gasteiger partial charge on any atom is 0.111 e. The maximum absolute atomic E-state index is 4.63. The van der Waals surface area contributed by atoms with Crippen molar-refractivity contribution >= 4 is 26.8 Å². The molecule has 0 spiro atoms. The summed E-state index contributed by atoms with van der Waals surface area (Å²) in [4.78, 5) is 6.98. The minimum absolute atomic E-state index is 0.357. The summed E-state index contributed by atoms with van der Waals surface area (Å²) in [6.07, 6.45) is 0. The summed E-state index contributed by atoms with van der Waals surface area (Å²) in [6, 6.07) is 10.8. The van der Waals surface area contributed by atoms with E-state index in [1.165, 1.54) is 10.9 Å².